The predicted octanol–water partition coefficient (Wildman–Crippen LogP) is 1.68. The summed E-state index contributed by atoms with van der Waals surface area (Å²) in [5.74, 6) is -0.156. The Labute approximate surface area is 99.6 Å². The lowest BCUT2D eigenvalue weighted by Crippen LogP contribution is -2.39. The van der Waals surface area contributed by atoms with E-state index in [4.69, 9.17) is 0 Å². The van der Waals surface area contributed by atoms with Crippen molar-refractivity contribution in [2.45, 2.75) is 31.3 Å². The summed E-state index contributed by atoms with van der Waals surface area (Å²) >= 11 is 0. The van der Waals surface area contributed by atoms with Gasteiger partial charge in [-0.1, -0.05) is 0 Å². The minimum absolute atomic E-state index is 0.0486. The Bertz CT molecular complexity index is 428. The van der Waals surface area contributed by atoms with E-state index >= 15 is 0 Å². The van der Waals surface area contributed by atoms with Crippen LogP contribution in [0, 0.1) is 5.82 Å². The molecule has 2 fully saturated rings. The van der Waals surface area contributed by atoms with E-state index in [-0.39, 0.29) is 17.8 Å². The number of benzene rings is 1. The van der Waals surface area contributed by atoms with Crippen LogP contribution in [0.25, 0.3) is 0 Å². The average Bonchev–Trinajstić information content (AvgIpc) is 3.07. The highest BCUT2D eigenvalue weighted by Crippen LogP contribution is 2.25. The van der Waals surface area contributed by atoms with Crippen LogP contribution in [0.1, 0.15) is 19.3 Å². The molecule has 0 spiro atoms. The molecule has 1 heterocycles. The van der Waals surface area contributed by atoms with Gasteiger partial charge in [0.1, 0.15) is 5.82 Å². The maximum Gasteiger partial charge on any atom is 0.244 e. The SMILES string of the molecule is O=C1C(NC2CC2)CCN1c1ccc(F)cc1. The number of carbonyl (C=O) groups excluding carboxylic acids is 1. The molecule has 1 atom stereocenters. The first-order valence-electron chi connectivity index (χ1n) is 6.07. The van der Waals surface area contributed by atoms with Gasteiger partial charge in [-0.15, -0.1) is 0 Å². The van der Waals surface area contributed by atoms with Crippen LogP contribution < -0.4 is 10.2 Å². The van der Waals surface area contributed by atoms with Gasteiger partial charge in [-0.25, -0.2) is 4.39 Å². The largest absolute Gasteiger partial charge is 0.311 e. The van der Waals surface area contributed by atoms with E-state index in [2.05, 4.69) is 5.32 Å². The van der Waals surface area contributed by atoms with Crippen molar-refractivity contribution in [2.75, 3.05) is 11.4 Å². The average molecular weight is 234 g/mol. The second kappa shape index (κ2) is 4.11. The molecule has 0 radical (unpaired) electrons. The van der Waals surface area contributed by atoms with Crippen LogP contribution in [0.2, 0.25) is 0 Å². The number of nitrogens with one attached hydrogen (secondary N) is 1. The zero-order valence-corrected chi connectivity index (χ0v) is 9.53. The molecule has 90 valence electrons. The van der Waals surface area contributed by atoms with Crippen LogP contribution in [0.3, 0.4) is 0 Å². The molecule has 1 aliphatic carbocycles. The lowest BCUT2D eigenvalue weighted by Gasteiger charge is -2.17. The van der Waals surface area contributed by atoms with E-state index in [0.717, 1.165) is 18.7 Å². The third-order valence-electron chi connectivity index (χ3n) is 3.36. The van der Waals surface area contributed by atoms with Crippen LogP contribution in [0.15, 0.2) is 24.3 Å². The third-order valence-corrected chi connectivity index (χ3v) is 3.36. The maximum atomic E-state index is 12.8. The van der Waals surface area contributed by atoms with Gasteiger partial charge >= 0.3 is 0 Å². The molecular weight excluding hydrogens is 219 g/mol. The number of nitrogens with zero attached hydrogens (tertiary/aromatic N) is 1. The number of halogens is 1. The smallest absolute Gasteiger partial charge is 0.244 e. The Hall–Kier alpha value is -1.42. The Morgan fingerprint density at radius 3 is 2.53 bits per heavy atom. The molecule has 1 unspecified atom stereocenters. The van der Waals surface area contributed by atoms with Crippen molar-refractivity contribution in [3.63, 3.8) is 0 Å². The van der Waals surface area contributed by atoms with E-state index in [1.54, 1.807) is 17.0 Å². The van der Waals surface area contributed by atoms with E-state index in [1.807, 2.05) is 0 Å². The van der Waals surface area contributed by atoms with Crippen LogP contribution in [-0.4, -0.2) is 24.5 Å². The standard InChI is InChI=1S/C13H15FN2O/c14-9-1-5-11(6-2-9)16-8-7-12(13(16)17)15-10-3-4-10/h1-2,5-6,10,12,15H,3-4,7-8H2. The summed E-state index contributed by atoms with van der Waals surface area (Å²) in [4.78, 5) is 13.9. The number of hydrogen-bond donors (Lipinski definition) is 1. The highest BCUT2D eigenvalue weighted by atomic mass is 19.1. The lowest BCUT2D eigenvalue weighted by atomic mass is 10.2. The van der Waals surface area contributed by atoms with Gasteiger partial charge in [0.15, 0.2) is 0 Å². The minimum atomic E-state index is -0.270. The summed E-state index contributed by atoms with van der Waals surface area (Å²) in [6.07, 6.45) is 3.20. The van der Waals surface area contributed by atoms with Crippen molar-refractivity contribution < 1.29 is 9.18 Å². The molecular formula is C13H15FN2O. The third kappa shape index (κ3) is 2.17. The monoisotopic (exact) mass is 234 g/mol. The Morgan fingerprint density at radius 2 is 1.88 bits per heavy atom. The molecule has 17 heavy (non-hydrogen) atoms. The number of carbonyl (C=O) groups is 1. The second-order valence-corrected chi connectivity index (χ2v) is 4.75. The highest BCUT2D eigenvalue weighted by molar-refractivity contribution is 5.99. The predicted molar refractivity (Wildman–Crippen MR) is 63.3 cm³/mol. The van der Waals surface area contributed by atoms with Crippen molar-refractivity contribution in [1.82, 2.24) is 5.32 Å². The van der Waals surface area contributed by atoms with Crippen LogP contribution in [-0.2, 0) is 4.79 Å². The van der Waals surface area contributed by atoms with Crippen molar-refractivity contribution in [2.24, 2.45) is 0 Å². The Kier molecular flexibility index (Phi) is 2.59. The van der Waals surface area contributed by atoms with E-state index in [9.17, 15) is 9.18 Å². The fraction of sp³-hybridized carbons (Fsp3) is 0.462. The molecule has 1 saturated heterocycles. The lowest BCUT2D eigenvalue weighted by molar-refractivity contribution is -0.118. The van der Waals surface area contributed by atoms with Gasteiger partial charge in [-0.2, -0.15) is 0 Å². The molecule has 1 saturated carbocycles. The molecule has 4 heteroatoms. The van der Waals surface area contributed by atoms with Crippen molar-refractivity contribution in [3.05, 3.63) is 30.1 Å². The topological polar surface area (TPSA) is 32.3 Å². The first kappa shape index (κ1) is 10.7. The molecule has 1 aliphatic heterocycles. The van der Waals surface area contributed by atoms with E-state index in [1.165, 1.54) is 25.0 Å². The molecule has 1 aromatic rings. The van der Waals surface area contributed by atoms with Gasteiger partial charge in [0.2, 0.25) is 5.91 Å². The summed E-state index contributed by atoms with van der Waals surface area (Å²) < 4.78 is 12.8. The minimum Gasteiger partial charge on any atom is -0.311 e. The summed E-state index contributed by atoms with van der Waals surface area (Å²) in [5.41, 5.74) is 0.788. The first-order valence-corrected chi connectivity index (χ1v) is 6.07. The normalized spacial score (nSPS) is 24.4. The van der Waals surface area contributed by atoms with Crippen molar-refractivity contribution >= 4 is 11.6 Å². The second-order valence-electron chi connectivity index (χ2n) is 4.75. The molecule has 0 bridgehead atoms. The van der Waals surface area contributed by atoms with E-state index < -0.39 is 0 Å². The summed E-state index contributed by atoms with van der Waals surface area (Å²) in [5, 5.41) is 3.35. The fourth-order valence-electron chi connectivity index (χ4n) is 2.25. The molecule has 1 N–H and O–H groups in total. The fourth-order valence-corrected chi connectivity index (χ4v) is 2.25. The van der Waals surface area contributed by atoms with Gasteiger partial charge in [-0.3, -0.25) is 4.79 Å². The molecule has 0 aromatic heterocycles. The van der Waals surface area contributed by atoms with Crippen LogP contribution in [0.5, 0.6) is 0 Å². The number of rotatable bonds is 3. The van der Waals surface area contributed by atoms with Gasteiger partial charge in [0.05, 0.1) is 6.04 Å². The Balaban J connectivity index is 1.72. The number of amides is 1. The van der Waals surface area contributed by atoms with Gasteiger partial charge < -0.3 is 10.2 Å². The zero-order valence-electron chi connectivity index (χ0n) is 9.53. The van der Waals surface area contributed by atoms with Gasteiger partial charge in [0.25, 0.3) is 0 Å². The quantitative estimate of drug-likeness (QED) is 0.863. The molecule has 3 rings (SSSR count). The van der Waals surface area contributed by atoms with Gasteiger partial charge in [0, 0.05) is 18.3 Å². The van der Waals surface area contributed by atoms with Gasteiger partial charge in [-0.05, 0) is 43.5 Å². The summed E-state index contributed by atoms with van der Waals surface area (Å²) in [7, 11) is 0. The first-order chi connectivity index (χ1) is 8.24. The zero-order chi connectivity index (χ0) is 11.8. The maximum absolute atomic E-state index is 12.8. The molecule has 2 aliphatic rings. The van der Waals surface area contributed by atoms with Crippen molar-refractivity contribution in [1.29, 1.82) is 0 Å². The van der Waals surface area contributed by atoms with Crippen molar-refractivity contribution in [3.8, 4) is 0 Å². The molecule has 1 amide bonds. The molecule has 1 aromatic carbocycles. The van der Waals surface area contributed by atoms with Crippen LogP contribution >= 0.6 is 0 Å². The Morgan fingerprint density at radius 1 is 1.18 bits per heavy atom. The van der Waals surface area contributed by atoms with E-state index in [0.29, 0.717) is 6.04 Å². The number of anilines is 1. The number of hydrogen-bond acceptors (Lipinski definition) is 2. The summed E-state index contributed by atoms with van der Waals surface area (Å²) in [6, 6.07) is 6.60. The molecule has 3 nitrogen and oxygen atoms in total. The highest BCUT2D eigenvalue weighted by Gasteiger charge is 2.36. The van der Waals surface area contributed by atoms with Crippen LogP contribution in [0.4, 0.5) is 10.1 Å². The summed E-state index contributed by atoms with van der Waals surface area (Å²) in [6.45, 7) is 0.717.